The van der Waals surface area contributed by atoms with E-state index in [1.165, 1.54) is 5.69 Å². The van der Waals surface area contributed by atoms with Crippen LogP contribution in [0, 0.1) is 0 Å². The van der Waals surface area contributed by atoms with Gasteiger partial charge < -0.3 is 10.6 Å². The molecule has 0 spiro atoms. The minimum atomic E-state index is 0.0469. The SMILES string of the molecule is O=C(CCc1cc2n(n1)CCCNC2)NCCc1csc(-c2cnccn2)n1. The summed E-state index contributed by atoms with van der Waals surface area (Å²) < 4.78 is 2.06. The van der Waals surface area contributed by atoms with Crippen LogP contribution in [-0.4, -0.2) is 43.7 Å². The molecule has 2 N–H and O–H groups in total. The van der Waals surface area contributed by atoms with Crippen molar-refractivity contribution in [2.45, 2.75) is 38.8 Å². The first-order valence-corrected chi connectivity index (χ1v) is 10.4. The van der Waals surface area contributed by atoms with Crippen LogP contribution in [0.2, 0.25) is 0 Å². The Labute approximate surface area is 167 Å². The summed E-state index contributed by atoms with van der Waals surface area (Å²) in [6, 6.07) is 2.11. The molecular formula is C19H23N7OS. The fraction of sp³-hybridized carbons (Fsp3) is 0.421. The first kappa shape index (κ1) is 18.7. The van der Waals surface area contributed by atoms with Crippen LogP contribution < -0.4 is 10.6 Å². The lowest BCUT2D eigenvalue weighted by molar-refractivity contribution is -0.121. The minimum Gasteiger partial charge on any atom is -0.356 e. The van der Waals surface area contributed by atoms with Crippen LogP contribution in [-0.2, 0) is 30.7 Å². The molecule has 9 heteroatoms. The van der Waals surface area contributed by atoms with Crippen LogP contribution in [0.4, 0.5) is 0 Å². The average Bonchev–Trinajstić information content (AvgIpc) is 3.29. The van der Waals surface area contributed by atoms with Crippen molar-refractivity contribution in [2.75, 3.05) is 13.1 Å². The summed E-state index contributed by atoms with van der Waals surface area (Å²) >= 11 is 1.54. The standard InChI is InChI=1S/C19H23N7OS/c27-18(3-2-14-10-16-11-20-5-1-9-26(16)25-14)23-6-4-15-13-28-19(24-15)17-12-21-7-8-22-17/h7-8,10,12-13,20H,1-6,9,11H2,(H,23,27). The smallest absolute Gasteiger partial charge is 0.220 e. The lowest BCUT2D eigenvalue weighted by atomic mass is 10.2. The number of hydrogen-bond acceptors (Lipinski definition) is 7. The molecule has 0 aromatic carbocycles. The van der Waals surface area contributed by atoms with Gasteiger partial charge in [0.2, 0.25) is 5.91 Å². The Morgan fingerprint density at radius 2 is 2.25 bits per heavy atom. The van der Waals surface area contributed by atoms with Gasteiger partial charge in [-0.15, -0.1) is 11.3 Å². The highest BCUT2D eigenvalue weighted by atomic mass is 32.1. The number of nitrogens with zero attached hydrogens (tertiary/aromatic N) is 5. The number of hydrogen-bond donors (Lipinski definition) is 2. The van der Waals surface area contributed by atoms with Gasteiger partial charge in [0.15, 0.2) is 0 Å². The summed E-state index contributed by atoms with van der Waals surface area (Å²) in [7, 11) is 0. The van der Waals surface area contributed by atoms with E-state index in [9.17, 15) is 4.79 Å². The van der Waals surface area contributed by atoms with Crippen molar-refractivity contribution in [3.8, 4) is 10.7 Å². The summed E-state index contributed by atoms with van der Waals surface area (Å²) in [6.45, 7) is 3.40. The molecule has 4 heterocycles. The van der Waals surface area contributed by atoms with Gasteiger partial charge in [-0.05, 0) is 19.0 Å². The van der Waals surface area contributed by atoms with Crippen molar-refractivity contribution in [3.05, 3.63) is 47.1 Å². The van der Waals surface area contributed by atoms with Gasteiger partial charge >= 0.3 is 0 Å². The van der Waals surface area contributed by atoms with E-state index in [1.807, 2.05) is 5.38 Å². The number of carbonyl (C=O) groups is 1. The number of aryl methyl sites for hydroxylation is 2. The van der Waals surface area contributed by atoms with Gasteiger partial charge in [-0.25, -0.2) is 4.98 Å². The molecule has 0 aliphatic carbocycles. The van der Waals surface area contributed by atoms with Crippen LogP contribution >= 0.6 is 11.3 Å². The lowest BCUT2D eigenvalue weighted by Crippen LogP contribution is -2.26. The van der Waals surface area contributed by atoms with E-state index in [2.05, 4.69) is 41.4 Å². The van der Waals surface area contributed by atoms with Crippen molar-refractivity contribution in [1.29, 1.82) is 0 Å². The molecule has 3 aromatic rings. The molecule has 0 fully saturated rings. The number of fused-ring (bicyclic) bond motifs is 1. The molecule has 0 atom stereocenters. The van der Waals surface area contributed by atoms with Gasteiger partial charge in [-0.2, -0.15) is 5.10 Å². The zero-order chi connectivity index (χ0) is 19.2. The zero-order valence-electron chi connectivity index (χ0n) is 15.6. The molecule has 0 bridgehead atoms. The number of thiazole rings is 1. The summed E-state index contributed by atoms with van der Waals surface area (Å²) in [5, 5.41) is 13.8. The summed E-state index contributed by atoms with van der Waals surface area (Å²) in [5.41, 5.74) is 3.92. The Hall–Kier alpha value is -2.65. The zero-order valence-corrected chi connectivity index (χ0v) is 16.4. The van der Waals surface area contributed by atoms with Gasteiger partial charge in [-0.3, -0.25) is 19.4 Å². The second-order valence-corrected chi connectivity index (χ2v) is 7.57. The van der Waals surface area contributed by atoms with Crippen molar-refractivity contribution in [2.24, 2.45) is 0 Å². The van der Waals surface area contributed by atoms with E-state index in [-0.39, 0.29) is 5.91 Å². The minimum absolute atomic E-state index is 0.0469. The van der Waals surface area contributed by atoms with Crippen molar-refractivity contribution in [1.82, 2.24) is 35.4 Å². The Bertz CT molecular complexity index is 898. The Morgan fingerprint density at radius 1 is 1.29 bits per heavy atom. The predicted molar refractivity (Wildman–Crippen MR) is 107 cm³/mol. The highest BCUT2D eigenvalue weighted by Gasteiger charge is 2.12. The summed E-state index contributed by atoms with van der Waals surface area (Å²) in [5.74, 6) is 0.0469. The van der Waals surface area contributed by atoms with E-state index in [1.54, 1.807) is 29.9 Å². The van der Waals surface area contributed by atoms with E-state index < -0.39 is 0 Å². The Kier molecular flexibility index (Phi) is 6.03. The number of rotatable bonds is 7. The van der Waals surface area contributed by atoms with Crippen molar-refractivity contribution < 1.29 is 4.79 Å². The Morgan fingerprint density at radius 3 is 3.14 bits per heavy atom. The maximum absolute atomic E-state index is 12.1. The van der Waals surface area contributed by atoms with Gasteiger partial charge in [-0.1, -0.05) is 0 Å². The highest BCUT2D eigenvalue weighted by molar-refractivity contribution is 7.13. The molecule has 1 aliphatic heterocycles. The third-order valence-corrected chi connectivity index (χ3v) is 5.50. The molecule has 4 rings (SSSR count). The maximum atomic E-state index is 12.1. The fourth-order valence-electron chi connectivity index (χ4n) is 3.15. The highest BCUT2D eigenvalue weighted by Crippen LogP contribution is 2.20. The maximum Gasteiger partial charge on any atom is 0.220 e. The monoisotopic (exact) mass is 397 g/mol. The topological polar surface area (TPSA) is 97.6 Å². The van der Waals surface area contributed by atoms with E-state index in [0.717, 1.165) is 48.1 Å². The second kappa shape index (κ2) is 9.03. The molecule has 0 saturated carbocycles. The molecule has 146 valence electrons. The van der Waals surface area contributed by atoms with E-state index in [0.29, 0.717) is 25.8 Å². The molecule has 1 aliphatic rings. The number of nitrogens with one attached hydrogen (secondary N) is 2. The number of aromatic nitrogens is 5. The van der Waals surface area contributed by atoms with Crippen LogP contribution in [0.15, 0.2) is 30.0 Å². The molecule has 0 radical (unpaired) electrons. The van der Waals surface area contributed by atoms with Gasteiger partial charge in [0.05, 0.1) is 23.3 Å². The first-order chi connectivity index (χ1) is 13.8. The predicted octanol–water partition coefficient (Wildman–Crippen LogP) is 1.58. The van der Waals surface area contributed by atoms with Crippen molar-refractivity contribution >= 4 is 17.2 Å². The largest absolute Gasteiger partial charge is 0.356 e. The van der Waals surface area contributed by atoms with Crippen LogP contribution in [0.3, 0.4) is 0 Å². The number of carbonyl (C=O) groups excluding carboxylic acids is 1. The molecule has 28 heavy (non-hydrogen) atoms. The van der Waals surface area contributed by atoms with E-state index in [4.69, 9.17) is 0 Å². The number of amides is 1. The normalized spacial score (nSPS) is 13.7. The van der Waals surface area contributed by atoms with Crippen LogP contribution in [0.25, 0.3) is 10.7 Å². The summed E-state index contributed by atoms with van der Waals surface area (Å²) in [6.07, 6.45) is 7.91. The fourth-order valence-corrected chi connectivity index (χ4v) is 3.97. The Balaban J connectivity index is 1.21. The molecule has 1 amide bonds. The molecule has 3 aromatic heterocycles. The lowest BCUT2D eigenvalue weighted by Gasteiger charge is -2.03. The van der Waals surface area contributed by atoms with Crippen LogP contribution in [0.1, 0.15) is 29.9 Å². The first-order valence-electron chi connectivity index (χ1n) is 9.52. The summed E-state index contributed by atoms with van der Waals surface area (Å²) in [4.78, 5) is 25.0. The average molecular weight is 398 g/mol. The molecule has 0 unspecified atom stereocenters. The third kappa shape index (κ3) is 4.79. The quantitative estimate of drug-likeness (QED) is 0.628. The second-order valence-electron chi connectivity index (χ2n) is 6.72. The van der Waals surface area contributed by atoms with Gasteiger partial charge in [0.25, 0.3) is 0 Å². The van der Waals surface area contributed by atoms with Crippen molar-refractivity contribution in [3.63, 3.8) is 0 Å². The third-order valence-electron chi connectivity index (χ3n) is 4.59. The van der Waals surface area contributed by atoms with E-state index >= 15 is 0 Å². The molecule has 0 saturated heterocycles. The molecule has 8 nitrogen and oxygen atoms in total. The van der Waals surface area contributed by atoms with Gasteiger partial charge in [0.1, 0.15) is 10.7 Å². The van der Waals surface area contributed by atoms with Crippen LogP contribution in [0.5, 0.6) is 0 Å². The molecular weight excluding hydrogens is 374 g/mol. The van der Waals surface area contributed by atoms with Gasteiger partial charge in [0, 0.05) is 56.7 Å².